The Bertz CT molecular complexity index is 1260. The van der Waals surface area contributed by atoms with Gasteiger partial charge in [0, 0.05) is 41.0 Å². The van der Waals surface area contributed by atoms with Gasteiger partial charge in [-0.2, -0.15) is 10.2 Å². The van der Waals surface area contributed by atoms with Crippen molar-refractivity contribution in [2.24, 2.45) is 5.10 Å². The molecule has 1 amide bonds. The molecule has 4 rings (SSSR count). The molecular weight excluding hydrogens is 452 g/mol. The van der Waals surface area contributed by atoms with Crippen molar-refractivity contribution in [3.05, 3.63) is 92.3 Å². The number of para-hydroxylation sites is 1. The second-order valence-electron chi connectivity index (χ2n) is 6.44. The quantitative estimate of drug-likeness (QED) is 0.254. The van der Waals surface area contributed by atoms with Crippen LogP contribution in [0.3, 0.4) is 0 Å². The molecule has 4 aromatic rings. The highest BCUT2D eigenvalue weighted by atomic mass is 79.9. The summed E-state index contributed by atoms with van der Waals surface area (Å²) < 4.78 is 2.09. The number of benzene rings is 2. The van der Waals surface area contributed by atoms with Gasteiger partial charge < -0.3 is 4.98 Å². The van der Waals surface area contributed by atoms with E-state index in [0.29, 0.717) is 11.0 Å². The monoisotopic (exact) mass is 466 g/mol. The van der Waals surface area contributed by atoms with Crippen LogP contribution in [0.15, 0.2) is 70.5 Å². The number of non-ortho nitro benzene ring substituents is 1. The average molecular weight is 467 g/mol. The lowest BCUT2D eigenvalue weighted by Gasteiger charge is -2.01. The van der Waals surface area contributed by atoms with Crippen molar-refractivity contribution >= 4 is 44.6 Å². The summed E-state index contributed by atoms with van der Waals surface area (Å²) in [6.45, 7) is 0.364. The molecule has 0 aliphatic rings. The summed E-state index contributed by atoms with van der Waals surface area (Å²) in [5.41, 5.74) is 5.34. The van der Waals surface area contributed by atoms with Crippen LogP contribution in [-0.4, -0.2) is 31.8 Å². The van der Waals surface area contributed by atoms with Crippen LogP contribution in [0.4, 0.5) is 5.69 Å². The van der Waals surface area contributed by atoms with E-state index in [1.807, 2.05) is 30.5 Å². The van der Waals surface area contributed by atoms with Gasteiger partial charge in [0.1, 0.15) is 0 Å². The molecule has 2 aromatic carbocycles. The zero-order valence-corrected chi connectivity index (χ0v) is 17.0. The molecule has 0 atom stereocenters. The van der Waals surface area contributed by atoms with Crippen LogP contribution in [0, 0.1) is 10.1 Å². The molecular formula is C20H15BrN6O3. The molecule has 30 heavy (non-hydrogen) atoms. The van der Waals surface area contributed by atoms with E-state index in [4.69, 9.17) is 0 Å². The Hall–Kier alpha value is -3.79. The van der Waals surface area contributed by atoms with Gasteiger partial charge in [0.2, 0.25) is 0 Å². The Balaban J connectivity index is 1.43. The van der Waals surface area contributed by atoms with Gasteiger partial charge in [-0.15, -0.1) is 0 Å². The van der Waals surface area contributed by atoms with E-state index < -0.39 is 10.8 Å². The number of hydrogen-bond acceptors (Lipinski definition) is 5. The van der Waals surface area contributed by atoms with E-state index in [1.165, 1.54) is 12.1 Å². The summed E-state index contributed by atoms with van der Waals surface area (Å²) in [6.07, 6.45) is 5.05. The SMILES string of the molecule is O=C(N/N=C\c1c[nH]c2ccccc12)c1nn(Cc2ccc([N+](=O)[O-])cc2)cc1Br. The standard InChI is InChI=1S/C20H15BrN6O3/c21-17-12-26(11-13-5-7-15(8-6-13)27(29)30)25-19(17)20(28)24-23-10-14-9-22-18-4-2-1-3-16(14)18/h1-10,12,22H,11H2,(H,24,28)/b23-10-. The van der Waals surface area contributed by atoms with Crippen molar-refractivity contribution < 1.29 is 9.72 Å². The molecule has 0 saturated carbocycles. The minimum atomic E-state index is -0.458. The molecule has 0 unspecified atom stereocenters. The molecule has 0 aliphatic carbocycles. The predicted octanol–water partition coefficient (Wildman–Crippen LogP) is 3.85. The van der Waals surface area contributed by atoms with Crippen LogP contribution in [0.2, 0.25) is 0 Å². The second-order valence-corrected chi connectivity index (χ2v) is 7.29. The van der Waals surface area contributed by atoms with Crippen LogP contribution >= 0.6 is 15.9 Å². The number of halogens is 1. The zero-order chi connectivity index (χ0) is 21.1. The predicted molar refractivity (Wildman–Crippen MR) is 115 cm³/mol. The lowest BCUT2D eigenvalue weighted by molar-refractivity contribution is -0.384. The Labute approximate surface area is 178 Å². The fourth-order valence-corrected chi connectivity index (χ4v) is 3.45. The minimum Gasteiger partial charge on any atom is -0.361 e. The number of nitrogens with one attached hydrogen (secondary N) is 2. The highest BCUT2D eigenvalue weighted by Crippen LogP contribution is 2.18. The summed E-state index contributed by atoms with van der Waals surface area (Å²) >= 11 is 3.33. The first-order chi connectivity index (χ1) is 14.5. The molecule has 0 radical (unpaired) electrons. The third-order valence-corrected chi connectivity index (χ3v) is 5.00. The molecule has 0 saturated heterocycles. The molecule has 0 bridgehead atoms. The van der Waals surface area contributed by atoms with E-state index in [9.17, 15) is 14.9 Å². The number of carbonyl (C=O) groups is 1. The number of nitro benzene ring substituents is 1. The summed E-state index contributed by atoms with van der Waals surface area (Å²) in [7, 11) is 0. The number of nitrogens with zero attached hydrogens (tertiary/aromatic N) is 4. The van der Waals surface area contributed by atoms with Gasteiger partial charge in [0.05, 0.1) is 22.2 Å². The number of H-pyrrole nitrogens is 1. The average Bonchev–Trinajstić information content (AvgIpc) is 3.32. The minimum absolute atomic E-state index is 0.0218. The van der Waals surface area contributed by atoms with Crippen LogP contribution in [0.5, 0.6) is 0 Å². The summed E-state index contributed by atoms with van der Waals surface area (Å²) in [6, 6.07) is 14.0. The number of hydrogen-bond donors (Lipinski definition) is 2. The van der Waals surface area contributed by atoms with Gasteiger partial charge in [0.15, 0.2) is 5.69 Å². The number of aromatic amines is 1. The smallest absolute Gasteiger partial charge is 0.293 e. The molecule has 2 N–H and O–H groups in total. The normalized spacial score (nSPS) is 11.2. The molecule has 2 heterocycles. The topological polar surface area (TPSA) is 118 Å². The zero-order valence-electron chi connectivity index (χ0n) is 15.4. The van der Waals surface area contributed by atoms with Crippen LogP contribution in [0.25, 0.3) is 10.9 Å². The number of hydrazone groups is 1. The largest absolute Gasteiger partial charge is 0.361 e. The maximum Gasteiger partial charge on any atom is 0.293 e. The summed E-state index contributed by atoms with van der Waals surface area (Å²) in [5.74, 6) is -0.458. The molecule has 0 aliphatic heterocycles. The fourth-order valence-electron chi connectivity index (χ4n) is 2.96. The number of aromatic nitrogens is 3. The van der Waals surface area contributed by atoms with Crippen molar-refractivity contribution in [1.82, 2.24) is 20.2 Å². The highest BCUT2D eigenvalue weighted by Gasteiger charge is 2.15. The number of rotatable bonds is 6. The van der Waals surface area contributed by atoms with Crippen molar-refractivity contribution in [2.45, 2.75) is 6.54 Å². The fraction of sp³-hybridized carbons (Fsp3) is 0.0500. The molecule has 9 nitrogen and oxygen atoms in total. The maximum absolute atomic E-state index is 12.4. The van der Waals surface area contributed by atoms with Gasteiger partial charge in [-0.3, -0.25) is 19.6 Å². The van der Waals surface area contributed by atoms with Crippen molar-refractivity contribution in [3.63, 3.8) is 0 Å². The maximum atomic E-state index is 12.4. The molecule has 0 fully saturated rings. The van der Waals surface area contributed by atoms with E-state index in [-0.39, 0.29) is 11.4 Å². The first-order valence-electron chi connectivity index (χ1n) is 8.87. The van der Waals surface area contributed by atoms with Gasteiger partial charge in [-0.05, 0) is 27.6 Å². The van der Waals surface area contributed by atoms with Crippen molar-refractivity contribution in [3.8, 4) is 0 Å². The first kappa shape index (κ1) is 19.5. The van der Waals surface area contributed by atoms with Crippen LogP contribution in [0.1, 0.15) is 21.6 Å². The Morgan fingerprint density at radius 1 is 1.27 bits per heavy atom. The van der Waals surface area contributed by atoms with Crippen LogP contribution < -0.4 is 5.43 Å². The molecule has 0 spiro atoms. The Kier molecular flexibility index (Phi) is 5.40. The molecule has 10 heteroatoms. The summed E-state index contributed by atoms with van der Waals surface area (Å²) in [4.78, 5) is 25.9. The van der Waals surface area contributed by atoms with Gasteiger partial charge in [-0.25, -0.2) is 5.43 Å². The van der Waals surface area contributed by atoms with Crippen LogP contribution in [-0.2, 0) is 6.54 Å². The van der Waals surface area contributed by atoms with Crippen molar-refractivity contribution in [2.75, 3.05) is 0 Å². The van der Waals surface area contributed by atoms with E-state index >= 15 is 0 Å². The summed E-state index contributed by atoms with van der Waals surface area (Å²) in [5, 5.41) is 20.0. The third-order valence-electron chi connectivity index (χ3n) is 4.41. The van der Waals surface area contributed by atoms with E-state index in [1.54, 1.807) is 29.2 Å². The van der Waals surface area contributed by atoms with Crippen molar-refractivity contribution in [1.29, 1.82) is 0 Å². The number of carbonyl (C=O) groups excluding carboxylic acids is 1. The van der Waals surface area contributed by atoms with Gasteiger partial charge in [-0.1, -0.05) is 30.3 Å². The lowest BCUT2D eigenvalue weighted by atomic mass is 10.2. The Morgan fingerprint density at radius 2 is 2.03 bits per heavy atom. The molecule has 2 aromatic heterocycles. The van der Waals surface area contributed by atoms with Gasteiger partial charge in [0.25, 0.3) is 11.6 Å². The Morgan fingerprint density at radius 3 is 2.80 bits per heavy atom. The first-order valence-corrected chi connectivity index (χ1v) is 9.66. The van der Waals surface area contributed by atoms with E-state index in [2.05, 4.69) is 36.5 Å². The highest BCUT2D eigenvalue weighted by molar-refractivity contribution is 9.10. The number of fused-ring (bicyclic) bond motifs is 1. The lowest BCUT2D eigenvalue weighted by Crippen LogP contribution is -2.19. The van der Waals surface area contributed by atoms with Gasteiger partial charge >= 0.3 is 0 Å². The number of nitro groups is 1. The second kappa shape index (κ2) is 8.29. The molecule has 150 valence electrons. The van der Waals surface area contributed by atoms with E-state index in [0.717, 1.165) is 22.0 Å². The number of amides is 1. The third kappa shape index (κ3) is 4.13.